The highest BCUT2D eigenvalue weighted by atomic mass is 16.5. The maximum Gasteiger partial charge on any atom is 0.159 e. The van der Waals surface area contributed by atoms with E-state index in [2.05, 4.69) is 0 Å². The zero-order valence-corrected chi connectivity index (χ0v) is 9.88. The van der Waals surface area contributed by atoms with Crippen molar-refractivity contribution in [2.75, 3.05) is 0 Å². The van der Waals surface area contributed by atoms with Crippen LogP contribution in [-0.2, 0) is 0 Å². The molecule has 0 bridgehead atoms. The SMILES string of the molecule is CC(=O)c1cccc(Oc2cccc(C#N)c2)c1. The lowest BCUT2D eigenvalue weighted by atomic mass is 10.1. The molecule has 0 aliphatic heterocycles. The average Bonchev–Trinajstić information content (AvgIpc) is 2.39. The summed E-state index contributed by atoms with van der Waals surface area (Å²) in [6.07, 6.45) is 0. The fraction of sp³-hybridized carbons (Fsp3) is 0.0667. The van der Waals surface area contributed by atoms with Crippen molar-refractivity contribution < 1.29 is 9.53 Å². The fourth-order valence-corrected chi connectivity index (χ4v) is 1.54. The molecule has 0 atom stereocenters. The Kier molecular flexibility index (Phi) is 3.40. The van der Waals surface area contributed by atoms with Gasteiger partial charge in [-0.3, -0.25) is 4.79 Å². The Morgan fingerprint density at radius 3 is 2.44 bits per heavy atom. The van der Waals surface area contributed by atoms with E-state index in [1.165, 1.54) is 6.92 Å². The number of ether oxygens (including phenoxy) is 1. The van der Waals surface area contributed by atoms with Gasteiger partial charge in [0, 0.05) is 5.56 Å². The topological polar surface area (TPSA) is 50.1 Å². The molecule has 0 fully saturated rings. The van der Waals surface area contributed by atoms with E-state index in [0.29, 0.717) is 22.6 Å². The van der Waals surface area contributed by atoms with Crippen molar-refractivity contribution in [1.82, 2.24) is 0 Å². The van der Waals surface area contributed by atoms with Crippen molar-refractivity contribution >= 4 is 5.78 Å². The van der Waals surface area contributed by atoms with Gasteiger partial charge in [-0.25, -0.2) is 0 Å². The highest BCUT2D eigenvalue weighted by Gasteiger charge is 2.03. The number of nitriles is 1. The predicted octanol–water partition coefficient (Wildman–Crippen LogP) is 3.55. The molecular weight excluding hydrogens is 226 g/mol. The number of benzene rings is 2. The van der Waals surface area contributed by atoms with E-state index in [4.69, 9.17) is 10.00 Å². The van der Waals surface area contributed by atoms with Crippen LogP contribution in [0.4, 0.5) is 0 Å². The van der Waals surface area contributed by atoms with Crippen LogP contribution < -0.4 is 4.74 Å². The van der Waals surface area contributed by atoms with Crippen LogP contribution in [0.1, 0.15) is 22.8 Å². The van der Waals surface area contributed by atoms with Gasteiger partial charge < -0.3 is 4.74 Å². The second kappa shape index (κ2) is 5.15. The number of carbonyl (C=O) groups excluding carboxylic acids is 1. The minimum Gasteiger partial charge on any atom is -0.457 e. The van der Waals surface area contributed by atoms with Crippen LogP contribution in [0.2, 0.25) is 0 Å². The maximum absolute atomic E-state index is 11.3. The van der Waals surface area contributed by atoms with Crippen LogP contribution in [0, 0.1) is 11.3 Å². The first-order chi connectivity index (χ1) is 8.69. The first kappa shape index (κ1) is 11.9. The molecule has 2 aromatic carbocycles. The molecule has 0 unspecified atom stereocenters. The molecule has 0 aliphatic rings. The first-order valence-electron chi connectivity index (χ1n) is 5.48. The Morgan fingerprint density at radius 1 is 1.11 bits per heavy atom. The lowest BCUT2D eigenvalue weighted by Crippen LogP contribution is -1.92. The van der Waals surface area contributed by atoms with E-state index in [1.54, 1.807) is 48.5 Å². The second-order valence-corrected chi connectivity index (χ2v) is 3.83. The largest absolute Gasteiger partial charge is 0.457 e. The van der Waals surface area contributed by atoms with E-state index in [9.17, 15) is 4.79 Å². The molecule has 0 heterocycles. The molecule has 0 saturated carbocycles. The van der Waals surface area contributed by atoms with E-state index < -0.39 is 0 Å². The molecule has 2 rings (SSSR count). The standard InChI is InChI=1S/C15H11NO2/c1-11(17)13-5-3-7-15(9-13)18-14-6-2-4-12(8-14)10-16/h2-9H,1H3. The highest BCUT2D eigenvalue weighted by molar-refractivity contribution is 5.94. The van der Waals surface area contributed by atoms with Gasteiger partial charge in [0.05, 0.1) is 11.6 Å². The van der Waals surface area contributed by atoms with Crippen LogP contribution in [0.25, 0.3) is 0 Å². The van der Waals surface area contributed by atoms with Crippen molar-refractivity contribution in [3.8, 4) is 17.6 Å². The Hall–Kier alpha value is -2.60. The first-order valence-corrected chi connectivity index (χ1v) is 5.48. The summed E-state index contributed by atoms with van der Waals surface area (Å²) in [5.41, 5.74) is 1.14. The summed E-state index contributed by atoms with van der Waals surface area (Å²) in [5.74, 6) is 1.15. The summed E-state index contributed by atoms with van der Waals surface area (Å²) in [6.45, 7) is 1.51. The van der Waals surface area contributed by atoms with Gasteiger partial charge in [-0.1, -0.05) is 18.2 Å². The molecule has 0 radical (unpaired) electrons. The second-order valence-electron chi connectivity index (χ2n) is 3.83. The molecule has 0 aromatic heterocycles. The number of ketones is 1. The van der Waals surface area contributed by atoms with Crippen LogP contribution >= 0.6 is 0 Å². The minimum atomic E-state index is -0.00812. The molecule has 88 valence electrons. The van der Waals surface area contributed by atoms with Crippen molar-refractivity contribution in [3.63, 3.8) is 0 Å². The number of hydrogen-bond donors (Lipinski definition) is 0. The molecule has 0 amide bonds. The van der Waals surface area contributed by atoms with Gasteiger partial charge in [-0.15, -0.1) is 0 Å². The normalized spacial score (nSPS) is 9.56. The van der Waals surface area contributed by atoms with Crippen LogP contribution in [-0.4, -0.2) is 5.78 Å². The van der Waals surface area contributed by atoms with Gasteiger partial charge in [-0.2, -0.15) is 5.26 Å². The Balaban J connectivity index is 2.26. The van der Waals surface area contributed by atoms with Crippen LogP contribution in [0.3, 0.4) is 0 Å². The van der Waals surface area contributed by atoms with Gasteiger partial charge in [-0.05, 0) is 37.3 Å². The molecule has 3 heteroatoms. The fourth-order valence-electron chi connectivity index (χ4n) is 1.54. The zero-order valence-electron chi connectivity index (χ0n) is 9.88. The van der Waals surface area contributed by atoms with Gasteiger partial charge in [0.2, 0.25) is 0 Å². The van der Waals surface area contributed by atoms with Crippen molar-refractivity contribution in [3.05, 3.63) is 59.7 Å². The quantitative estimate of drug-likeness (QED) is 0.767. The summed E-state index contributed by atoms with van der Waals surface area (Å²) < 4.78 is 5.61. The number of rotatable bonds is 3. The van der Waals surface area contributed by atoms with E-state index in [-0.39, 0.29) is 5.78 Å². The lowest BCUT2D eigenvalue weighted by Gasteiger charge is -2.06. The number of carbonyl (C=O) groups is 1. The molecule has 0 saturated heterocycles. The monoisotopic (exact) mass is 237 g/mol. The maximum atomic E-state index is 11.3. The molecule has 18 heavy (non-hydrogen) atoms. The highest BCUT2D eigenvalue weighted by Crippen LogP contribution is 2.23. The van der Waals surface area contributed by atoms with Crippen molar-refractivity contribution in [2.45, 2.75) is 6.92 Å². The Bertz CT molecular complexity index is 626. The van der Waals surface area contributed by atoms with E-state index in [1.807, 2.05) is 6.07 Å². The molecule has 0 N–H and O–H groups in total. The lowest BCUT2D eigenvalue weighted by molar-refractivity contribution is 0.101. The summed E-state index contributed by atoms with van der Waals surface area (Å²) in [4.78, 5) is 11.3. The summed E-state index contributed by atoms with van der Waals surface area (Å²) in [5, 5.41) is 8.79. The minimum absolute atomic E-state index is 0.00812. The number of Topliss-reactive ketones (excluding diaryl/α,β-unsaturated/α-hetero) is 1. The van der Waals surface area contributed by atoms with E-state index in [0.717, 1.165) is 0 Å². The van der Waals surface area contributed by atoms with Gasteiger partial charge >= 0.3 is 0 Å². The van der Waals surface area contributed by atoms with Crippen LogP contribution in [0.5, 0.6) is 11.5 Å². The summed E-state index contributed by atoms with van der Waals surface area (Å²) >= 11 is 0. The van der Waals surface area contributed by atoms with Gasteiger partial charge in [0.15, 0.2) is 5.78 Å². The number of nitrogens with zero attached hydrogens (tertiary/aromatic N) is 1. The van der Waals surface area contributed by atoms with Crippen molar-refractivity contribution in [2.24, 2.45) is 0 Å². The molecule has 3 nitrogen and oxygen atoms in total. The Labute approximate surface area is 105 Å². The van der Waals surface area contributed by atoms with Crippen LogP contribution in [0.15, 0.2) is 48.5 Å². The molecule has 0 aliphatic carbocycles. The smallest absolute Gasteiger partial charge is 0.159 e. The van der Waals surface area contributed by atoms with Gasteiger partial charge in [0.25, 0.3) is 0 Å². The van der Waals surface area contributed by atoms with Crippen molar-refractivity contribution in [1.29, 1.82) is 5.26 Å². The molecular formula is C15H11NO2. The predicted molar refractivity (Wildman–Crippen MR) is 67.7 cm³/mol. The third-order valence-electron chi connectivity index (χ3n) is 2.44. The average molecular weight is 237 g/mol. The third kappa shape index (κ3) is 2.74. The summed E-state index contributed by atoms with van der Waals surface area (Å²) in [6, 6.07) is 15.9. The zero-order chi connectivity index (χ0) is 13.0. The Morgan fingerprint density at radius 2 is 1.78 bits per heavy atom. The third-order valence-corrected chi connectivity index (χ3v) is 2.44. The van der Waals surface area contributed by atoms with E-state index >= 15 is 0 Å². The summed E-state index contributed by atoms with van der Waals surface area (Å²) in [7, 11) is 0. The molecule has 2 aromatic rings. The molecule has 0 spiro atoms. The van der Waals surface area contributed by atoms with Gasteiger partial charge in [0.1, 0.15) is 11.5 Å². The number of hydrogen-bond acceptors (Lipinski definition) is 3.